The highest BCUT2D eigenvalue weighted by Crippen LogP contribution is 2.47. The smallest absolute Gasteiger partial charge is 0.247 e. The number of hydrogen-bond acceptors (Lipinski definition) is 6. The lowest BCUT2D eigenvalue weighted by atomic mass is 9.84. The third kappa shape index (κ3) is 2.08. The molecule has 4 rings (SSSR count). The molecule has 22 heavy (non-hydrogen) atoms. The third-order valence-electron chi connectivity index (χ3n) is 4.59. The van der Waals surface area contributed by atoms with E-state index in [1.54, 1.807) is 11.3 Å². The molecule has 2 aliphatic rings. The predicted molar refractivity (Wildman–Crippen MR) is 78.7 cm³/mol. The SMILES string of the molecule is O=C1CC2(CCCC2)C(=O)N1Cc1nc(-c2ccsc2)no1. The Morgan fingerprint density at radius 3 is 2.86 bits per heavy atom. The summed E-state index contributed by atoms with van der Waals surface area (Å²) in [5, 5.41) is 7.77. The van der Waals surface area contributed by atoms with E-state index in [9.17, 15) is 9.59 Å². The summed E-state index contributed by atoms with van der Waals surface area (Å²) in [7, 11) is 0. The zero-order chi connectivity index (χ0) is 15.2. The molecule has 2 fully saturated rings. The van der Waals surface area contributed by atoms with Gasteiger partial charge in [-0.25, -0.2) is 0 Å². The number of imide groups is 1. The standard InChI is InChI=1S/C15H15N3O3S/c19-12-7-15(4-1-2-5-15)14(20)18(12)8-11-16-13(17-21-11)10-3-6-22-9-10/h3,6,9H,1-2,4-5,7-8H2. The van der Waals surface area contributed by atoms with E-state index in [2.05, 4.69) is 10.1 Å². The molecule has 0 aromatic carbocycles. The predicted octanol–water partition coefficient (Wildman–Crippen LogP) is 2.62. The van der Waals surface area contributed by atoms with Gasteiger partial charge in [-0.05, 0) is 24.3 Å². The van der Waals surface area contributed by atoms with Crippen LogP contribution in [0.1, 0.15) is 38.0 Å². The minimum Gasteiger partial charge on any atom is -0.337 e. The Morgan fingerprint density at radius 1 is 1.32 bits per heavy atom. The van der Waals surface area contributed by atoms with Gasteiger partial charge in [0, 0.05) is 17.4 Å². The molecule has 1 aliphatic carbocycles. The van der Waals surface area contributed by atoms with Crippen LogP contribution in [0.2, 0.25) is 0 Å². The number of nitrogens with zero attached hydrogens (tertiary/aromatic N) is 3. The Labute approximate surface area is 131 Å². The molecule has 2 aromatic heterocycles. The van der Waals surface area contributed by atoms with Crippen LogP contribution in [0.4, 0.5) is 0 Å². The van der Waals surface area contributed by atoms with Gasteiger partial charge in [-0.15, -0.1) is 0 Å². The third-order valence-corrected chi connectivity index (χ3v) is 5.27. The quantitative estimate of drug-likeness (QED) is 0.813. The molecule has 7 heteroatoms. The van der Waals surface area contributed by atoms with E-state index < -0.39 is 5.41 Å². The summed E-state index contributed by atoms with van der Waals surface area (Å²) in [4.78, 5) is 30.4. The molecule has 0 N–H and O–H groups in total. The molecule has 0 bridgehead atoms. The molecule has 1 saturated heterocycles. The summed E-state index contributed by atoms with van der Waals surface area (Å²) in [6.07, 6.45) is 4.01. The van der Waals surface area contributed by atoms with Crippen molar-refractivity contribution in [2.45, 2.75) is 38.6 Å². The first-order chi connectivity index (χ1) is 10.7. The van der Waals surface area contributed by atoms with Crippen molar-refractivity contribution in [2.75, 3.05) is 0 Å². The van der Waals surface area contributed by atoms with E-state index in [0.29, 0.717) is 18.1 Å². The Bertz CT molecular complexity index is 716. The molecule has 2 amide bonds. The fourth-order valence-corrected chi connectivity index (χ4v) is 4.06. The van der Waals surface area contributed by atoms with Gasteiger partial charge in [-0.1, -0.05) is 18.0 Å². The van der Waals surface area contributed by atoms with E-state index in [0.717, 1.165) is 31.2 Å². The van der Waals surface area contributed by atoms with Gasteiger partial charge in [0.1, 0.15) is 6.54 Å². The highest BCUT2D eigenvalue weighted by molar-refractivity contribution is 7.08. The highest BCUT2D eigenvalue weighted by Gasteiger charge is 2.52. The molecular formula is C15H15N3O3S. The number of aromatic nitrogens is 2. The normalized spacial score (nSPS) is 20.5. The fourth-order valence-electron chi connectivity index (χ4n) is 3.43. The van der Waals surface area contributed by atoms with Crippen LogP contribution in [0.5, 0.6) is 0 Å². The van der Waals surface area contributed by atoms with Crippen molar-refractivity contribution < 1.29 is 14.1 Å². The summed E-state index contributed by atoms with van der Waals surface area (Å²) in [6, 6.07) is 1.90. The Kier molecular flexibility index (Phi) is 3.11. The highest BCUT2D eigenvalue weighted by atomic mass is 32.1. The molecule has 3 heterocycles. The molecule has 0 radical (unpaired) electrons. The van der Waals surface area contributed by atoms with Gasteiger partial charge >= 0.3 is 0 Å². The maximum Gasteiger partial charge on any atom is 0.247 e. The molecule has 1 spiro atoms. The van der Waals surface area contributed by atoms with Gasteiger partial charge in [-0.3, -0.25) is 14.5 Å². The minimum atomic E-state index is -0.451. The lowest BCUT2D eigenvalue weighted by Crippen LogP contribution is -2.34. The largest absolute Gasteiger partial charge is 0.337 e. The minimum absolute atomic E-state index is 0.0646. The maximum absolute atomic E-state index is 12.6. The number of carbonyl (C=O) groups is 2. The van der Waals surface area contributed by atoms with Crippen molar-refractivity contribution >= 4 is 23.2 Å². The van der Waals surface area contributed by atoms with E-state index in [1.807, 2.05) is 16.8 Å². The summed E-state index contributed by atoms with van der Waals surface area (Å²) >= 11 is 1.55. The van der Waals surface area contributed by atoms with Gasteiger partial charge in [0.2, 0.25) is 23.5 Å². The lowest BCUT2D eigenvalue weighted by Gasteiger charge is -2.19. The molecule has 1 aliphatic heterocycles. The van der Waals surface area contributed by atoms with Crippen LogP contribution in [-0.4, -0.2) is 26.9 Å². The number of thiophene rings is 1. The lowest BCUT2D eigenvalue weighted by molar-refractivity contribution is -0.142. The van der Waals surface area contributed by atoms with Gasteiger partial charge in [-0.2, -0.15) is 16.3 Å². The van der Waals surface area contributed by atoms with Crippen LogP contribution < -0.4 is 0 Å². The van der Waals surface area contributed by atoms with Crippen molar-refractivity contribution in [1.29, 1.82) is 0 Å². The van der Waals surface area contributed by atoms with Crippen LogP contribution >= 0.6 is 11.3 Å². The molecule has 0 unspecified atom stereocenters. The van der Waals surface area contributed by atoms with Crippen molar-refractivity contribution in [1.82, 2.24) is 15.0 Å². The number of hydrogen-bond donors (Lipinski definition) is 0. The Hall–Kier alpha value is -2.02. The van der Waals surface area contributed by atoms with Gasteiger partial charge in [0.05, 0.1) is 5.41 Å². The molecule has 114 valence electrons. The first kappa shape index (κ1) is 13.6. The number of rotatable bonds is 3. The molecular weight excluding hydrogens is 302 g/mol. The monoisotopic (exact) mass is 317 g/mol. The zero-order valence-electron chi connectivity index (χ0n) is 11.9. The van der Waals surface area contributed by atoms with E-state index in [4.69, 9.17) is 4.52 Å². The summed E-state index contributed by atoms with van der Waals surface area (Å²) < 4.78 is 5.20. The summed E-state index contributed by atoms with van der Waals surface area (Å²) in [5.74, 6) is 0.608. The topological polar surface area (TPSA) is 76.3 Å². The average molecular weight is 317 g/mol. The van der Waals surface area contributed by atoms with Crippen LogP contribution in [0.25, 0.3) is 11.4 Å². The molecule has 2 aromatic rings. The van der Waals surface area contributed by atoms with E-state index in [-0.39, 0.29) is 18.4 Å². The van der Waals surface area contributed by atoms with Crippen molar-refractivity contribution in [2.24, 2.45) is 5.41 Å². The summed E-state index contributed by atoms with van der Waals surface area (Å²) in [5.41, 5.74) is 0.430. The first-order valence-corrected chi connectivity index (χ1v) is 8.32. The van der Waals surface area contributed by atoms with E-state index >= 15 is 0 Å². The molecule has 1 saturated carbocycles. The summed E-state index contributed by atoms with van der Waals surface area (Å²) in [6.45, 7) is 0.0799. The van der Waals surface area contributed by atoms with Gasteiger partial charge in [0.15, 0.2) is 0 Å². The van der Waals surface area contributed by atoms with Crippen LogP contribution in [0.15, 0.2) is 21.3 Å². The second kappa shape index (κ2) is 5.01. The Balaban J connectivity index is 1.54. The van der Waals surface area contributed by atoms with Crippen molar-refractivity contribution in [3.63, 3.8) is 0 Å². The number of likely N-dealkylation sites (tertiary alicyclic amines) is 1. The Morgan fingerprint density at radius 2 is 2.14 bits per heavy atom. The van der Waals surface area contributed by atoms with Crippen LogP contribution in [-0.2, 0) is 16.1 Å². The van der Waals surface area contributed by atoms with E-state index in [1.165, 1.54) is 4.90 Å². The average Bonchev–Trinajstić information content (AvgIpc) is 3.25. The van der Waals surface area contributed by atoms with Crippen LogP contribution in [0, 0.1) is 5.41 Å². The number of amides is 2. The maximum atomic E-state index is 12.6. The van der Waals surface area contributed by atoms with Gasteiger partial charge in [0.25, 0.3) is 0 Å². The second-order valence-electron chi connectivity index (χ2n) is 5.97. The first-order valence-electron chi connectivity index (χ1n) is 7.38. The second-order valence-corrected chi connectivity index (χ2v) is 6.75. The number of carbonyl (C=O) groups excluding carboxylic acids is 2. The van der Waals surface area contributed by atoms with Crippen molar-refractivity contribution in [3.8, 4) is 11.4 Å². The molecule has 6 nitrogen and oxygen atoms in total. The zero-order valence-corrected chi connectivity index (χ0v) is 12.8. The van der Waals surface area contributed by atoms with Crippen molar-refractivity contribution in [3.05, 3.63) is 22.7 Å². The molecule has 0 atom stereocenters. The van der Waals surface area contributed by atoms with Crippen LogP contribution in [0.3, 0.4) is 0 Å². The van der Waals surface area contributed by atoms with Gasteiger partial charge < -0.3 is 4.52 Å². The fraction of sp³-hybridized carbons (Fsp3) is 0.467.